The third kappa shape index (κ3) is 4.02. The highest BCUT2D eigenvalue weighted by Crippen LogP contribution is 2.69. The van der Waals surface area contributed by atoms with Crippen LogP contribution in [0.4, 0.5) is 13.2 Å². The van der Waals surface area contributed by atoms with Gasteiger partial charge in [0, 0.05) is 12.8 Å². The van der Waals surface area contributed by atoms with Crippen molar-refractivity contribution in [1.29, 1.82) is 0 Å². The number of ether oxygens (including phenoxy) is 2. The zero-order valence-electron chi connectivity index (χ0n) is 21.3. The number of Topliss-reactive ketones (excluding diaryl/α,β-unsaturated/α-hetero) is 1. The molecule has 0 bridgehead atoms. The Morgan fingerprint density at radius 1 is 0.941 bits per heavy atom. The van der Waals surface area contributed by atoms with Crippen LogP contribution in [0.5, 0.6) is 0 Å². The Morgan fingerprint density at radius 3 is 2.24 bits per heavy atom. The third-order valence-corrected chi connectivity index (χ3v) is 11.1. The van der Waals surface area contributed by atoms with E-state index in [2.05, 4.69) is 20.8 Å². The Bertz CT molecular complexity index is 812. The van der Waals surface area contributed by atoms with E-state index in [1.165, 1.54) is 6.92 Å². The van der Waals surface area contributed by atoms with Crippen molar-refractivity contribution < 1.29 is 32.2 Å². The molecule has 0 heterocycles. The van der Waals surface area contributed by atoms with Gasteiger partial charge in [-0.25, -0.2) is 0 Å². The van der Waals surface area contributed by atoms with E-state index in [0.29, 0.717) is 30.1 Å². The van der Waals surface area contributed by atoms with Crippen molar-refractivity contribution in [3.05, 3.63) is 0 Å². The predicted molar refractivity (Wildman–Crippen MR) is 122 cm³/mol. The average Bonchev–Trinajstić information content (AvgIpc) is 3.09. The first kappa shape index (κ1) is 26.0. The van der Waals surface area contributed by atoms with Gasteiger partial charge < -0.3 is 9.47 Å². The molecule has 0 unspecified atom stereocenters. The summed E-state index contributed by atoms with van der Waals surface area (Å²) >= 11 is 0. The van der Waals surface area contributed by atoms with Crippen molar-refractivity contribution in [3.63, 3.8) is 0 Å². The summed E-state index contributed by atoms with van der Waals surface area (Å²) in [5.74, 6) is 1.59. The number of ketones is 1. The lowest BCUT2D eigenvalue weighted by molar-refractivity contribution is -0.321. The maximum absolute atomic E-state index is 14.3. The fourth-order valence-electron chi connectivity index (χ4n) is 9.07. The van der Waals surface area contributed by atoms with Gasteiger partial charge in [0.1, 0.15) is 5.78 Å². The van der Waals surface area contributed by atoms with Crippen LogP contribution in [-0.2, 0) is 19.1 Å². The summed E-state index contributed by atoms with van der Waals surface area (Å²) in [6, 6.07) is 0. The largest absolute Gasteiger partial charge is 0.439 e. The van der Waals surface area contributed by atoms with Crippen molar-refractivity contribution >= 4 is 11.8 Å². The van der Waals surface area contributed by atoms with Crippen LogP contribution in [0.25, 0.3) is 0 Å². The second-order valence-corrected chi connectivity index (χ2v) is 12.4. The highest BCUT2D eigenvalue weighted by atomic mass is 19.4. The summed E-state index contributed by atoms with van der Waals surface area (Å²) in [6.45, 7) is 8.92. The summed E-state index contributed by atoms with van der Waals surface area (Å²) in [5.41, 5.74) is -2.21. The van der Waals surface area contributed by atoms with Crippen LogP contribution in [0, 0.1) is 46.3 Å². The first-order chi connectivity index (χ1) is 15.8. The molecule has 0 radical (unpaired) electrons. The number of esters is 1. The van der Waals surface area contributed by atoms with E-state index >= 15 is 0 Å². The molecule has 0 aromatic heterocycles. The van der Waals surface area contributed by atoms with E-state index in [9.17, 15) is 22.8 Å². The molecule has 0 N–H and O–H groups in total. The van der Waals surface area contributed by atoms with Crippen LogP contribution in [-0.4, -0.2) is 30.3 Å². The molecule has 194 valence electrons. The smallest absolute Gasteiger partial charge is 0.417 e. The lowest BCUT2D eigenvalue weighted by atomic mass is 9.43. The van der Waals surface area contributed by atoms with E-state index < -0.39 is 24.5 Å². The molecule has 7 heteroatoms. The van der Waals surface area contributed by atoms with Crippen LogP contribution in [0.3, 0.4) is 0 Å². The first-order valence-electron chi connectivity index (χ1n) is 13.1. The molecule has 4 aliphatic rings. The summed E-state index contributed by atoms with van der Waals surface area (Å²) < 4.78 is 52.8. The van der Waals surface area contributed by atoms with E-state index in [4.69, 9.17) is 9.47 Å². The number of fused-ring (bicyclic) bond motifs is 5. The number of hydrogen-bond acceptors (Lipinski definition) is 4. The molecule has 0 amide bonds. The normalized spacial score (nSPS) is 45.0. The van der Waals surface area contributed by atoms with Crippen molar-refractivity contribution in [3.8, 4) is 0 Å². The molecule has 4 fully saturated rings. The van der Waals surface area contributed by atoms with Gasteiger partial charge in [-0.1, -0.05) is 20.8 Å². The van der Waals surface area contributed by atoms with Crippen LogP contribution in [0.1, 0.15) is 92.4 Å². The van der Waals surface area contributed by atoms with Crippen molar-refractivity contribution in [1.82, 2.24) is 0 Å². The minimum absolute atomic E-state index is 0.0522. The average molecular weight is 487 g/mol. The number of carbonyl (C=O) groups excluding carboxylic acids is 2. The zero-order chi connectivity index (χ0) is 25.1. The van der Waals surface area contributed by atoms with Gasteiger partial charge >= 0.3 is 12.1 Å². The summed E-state index contributed by atoms with van der Waals surface area (Å²) in [7, 11) is 0. The maximum atomic E-state index is 14.3. The standard InChI is InChI=1S/C27H41F3O4/c1-16(17(2)31)21-8-9-22-20-7-6-19-14-26(27(28,29)30,34-15-33-18(3)32)13-12-24(19,4)23(20)10-11-25(21,22)5/h16,19-23H,6-15H2,1-5H3/t16-,19-,20+,21-,22+,23+,24+,25-,26-/m1/s1. The molecule has 0 spiro atoms. The van der Waals surface area contributed by atoms with Gasteiger partial charge in [0.25, 0.3) is 0 Å². The lowest BCUT2D eigenvalue weighted by Crippen LogP contribution is -2.60. The van der Waals surface area contributed by atoms with Gasteiger partial charge in [0.05, 0.1) is 0 Å². The molecule has 4 aliphatic carbocycles. The molecule has 4 saturated carbocycles. The molecule has 9 atom stereocenters. The Balaban J connectivity index is 1.54. The fourth-order valence-corrected chi connectivity index (χ4v) is 9.07. The summed E-state index contributed by atoms with van der Waals surface area (Å²) in [4.78, 5) is 23.3. The van der Waals surface area contributed by atoms with Crippen molar-refractivity contribution in [2.75, 3.05) is 6.79 Å². The van der Waals surface area contributed by atoms with E-state index in [1.54, 1.807) is 6.92 Å². The summed E-state index contributed by atoms with van der Waals surface area (Å²) in [6.07, 6.45) is 1.92. The van der Waals surface area contributed by atoms with Crippen LogP contribution < -0.4 is 0 Å². The molecular weight excluding hydrogens is 445 g/mol. The molecule has 0 aliphatic heterocycles. The van der Waals surface area contributed by atoms with Crippen LogP contribution in [0.2, 0.25) is 0 Å². The second-order valence-electron chi connectivity index (χ2n) is 12.4. The number of rotatable bonds is 5. The maximum Gasteiger partial charge on any atom is 0.417 e. The molecule has 4 rings (SSSR count). The Morgan fingerprint density at radius 2 is 1.62 bits per heavy atom. The number of halogens is 3. The Kier molecular flexibility index (Phi) is 6.70. The summed E-state index contributed by atoms with van der Waals surface area (Å²) in [5, 5.41) is 0. The molecule has 0 aromatic carbocycles. The second kappa shape index (κ2) is 8.77. The number of carbonyl (C=O) groups is 2. The van der Waals surface area contributed by atoms with Crippen LogP contribution in [0.15, 0.2) is 0 Å². The van der Waals surface area contributed by atoms with Gasteiger partial charge in [0.15, 0.2) is 12.4 Å². The molecule has 0 saturated heterocycles. The van der Waals surface area contributed by atoms with E-state index in [0.717, 1.165) is 38.5 Å². The zero-order valence-corrected chi connectivity index (χ0v) is 21.3. The minimum Gasteiger partial charge on any atom is -0.439 e. The highest BCUT2D eigenvalue weighted by Gasteiger charge is 2.66. The topological polar surface area (TPSA) is 52.6 Å². The number of alkyl halides is 3. The molecule has 4 nitrogen and oxygen atoms in total. The van der Waals surface area contributed by atoms with Crippen molar-refractivity contribution in [2.45, 2.75) is 104 Å². The molecule has 0 aromatic rings. The van der Waals surface area contributed by atoms with Gasteiger partial charge in [-0.3, -0.25) is 9.59 Å². The van der Waals surface area contributed by atoms with E-state index in [1.807, 2.05) is 0 Å². The molecule has 34 heavy (non-hydrogen) atoms. The minimum atomic E-state index is -4.50. The third-order valence-electron chi connectivity index (χ3n) is 11.1. The molecular formula is C27H41F3O4. The number of hydrogen-bond donors (Lipinski definition) is 0. The van der Waals surface area contributed by atoms with Gasteiger partial charge in [0.2, 0.25) is 0 Å². The lowest BCUT2D eigenvalue weighted by Gasteiger charge is -2.62. The Labute approximate surface area is 201 Å². The SMILES string of the molecule is CC(=O)OCO[C@]1(C(F)(F)F)CC[C@@]2(C)[C@H](CC[C@@H]3[C@@H]2CC[C@]2(C)[C@@H]([C@H](C)C(C)=O)CC[C@@H]32)C1. The quantitative estimate of drug-likeness (QED) is 0.320. The predicted octanol–water partition coefficient (Wildman–Crippen LogP) is 6.71. The van der Waals surface area contributed by atoms with Crippen molar-refractivity contribution in [2.24, 2.45) is 46.3 Å². The van der Waals surface area contributed by atoms with Gasteiger partial charge in [-0.15, -0.1) is 0 Å². The van der Waals surface area contributed by atoms with Gasteiger partial charge in [-0.2, -0.15) is 13.2 Å². The monoisotopic (exact) mass is 486 g/mol. The Hall–Kier alpha value is -1.11. The van der Waals surface area contributed by atoms with Crippen LogP contribution >= 0.6 is 0 Å². The fraction of sp³-hybridized carbons (Fsp3) is 0.926. The van der Waals surface area contributed by atoms with E-state index in [-0.39, 0.29) is 41.3 Å². The first-order valence-corrected chi connectivity index (χ1v) is 13.1. The van der Waals surface area contributed by atoms with Gasteiger partial charge in [-0.05, 0) is 105 Å². The highest BCUT2D eigenvalue weighted by molar-refractivity contribution is 5.78.